The quantitative estimate of drug-likeness (QED) is 0.451. The molecule has 6 heteroatoms. The fourth-order valence-corrected chi connectivity index (χ4v) is 2.29. The average molecular weight is 351 g/mol. The van der Waals surface area contributed by atoms with Crippen LogP contribution >= 0.6 is 15.9 Å². The van der Waals surface area contributed by atoms with Crippen LogP contribution in [0.25, 0.3) is 0 Å². The summed E-state index contributed by atoms with van der Waals surface area (Å²) in [5.74, 6) is 0.763. The summed E-state index contributed by atoms with van der Waals surface area (Å²) >= 11 is 3.39. The van der Waals surface area contributed by atoms with Gasteiger partial charge in [0.25, 0.3) is 5.69 Å². The molecule has 21 heavy (non-hydrogen) atoms. The number of benzene rings is 1. The van der Waals surface area contributed by atoms with E-state index in [1.54, 1.807) is 12.1 Å². The van der Waals surface area contributed by atoms with Gasteiger partial charge in [0.15, 0.2) is 0 Å². The van der Waals surface area contributed by atoms with Gasteiger partial charge in [-0.05, 0) is 24.6 Å². The van der Waals surface area contributed by atoms with Gasteiger partial charge in [0, 0.05) is 29.6 Å². The Bertz CT molecular complexity index is 629. The van der Waals surface area contributed by atoms with Crippen LogP contribution in [0.3, 0.4) is 0 Å². The first-order valence-corrected chi connectivity index (χ1v) is 7.61. The number of pyridine rings is 1. The molecular weight excluding hydrogens is 336 g/mol. The maximum absolute atomic E-state index is 10.6. The predicted molar refractivity (Wildman–Crippen MR) is 83.9 cm³/mol. The number of halogens is 1. The van der Waals surface area contributed by atoms with E-state index in [2.05, 4.69) is 20.9 Å². The molecule has 0 amide bonds. The van der Waals surface area contributed by atoms with Crippen molar-refractivity contribution in [3.63, 3.8) is 0 Å². The highest BCUT2D eigenvalue weighted by molar-refractivity contribution is 9.08. The minimum Gasteiger partial charge on any atom is -0.491 e. The molecule has 0 aliphatic rings. The van der Waals surface area contributed by atoms with Crippen molar-refractivity contribution in [2.45, 2.75) is 18.7 Å². The molecule has 1 heterocycles. The van der Waals surface area contributed by atoms with Crippen molar-refractivity contribution in [3.8, 4) is 5.75 Å². The first kappa shape index (κ1) is 15.4. The number of ether oxygens (including phenoxy) is 1. The largest absolute Gasteiger partial charge is 0.491 e. The number of aromatic nitrogens is 1. The maximum atomic E-state index is 10.6. The minimum absolute atomic E-state index is 0.101. The Morgan fingerprint density at radius 3 is 2.57 bits per heavy atom. The van der Waals surface area contributed by atoms with Crippen LogP contribution in [0, 0.1) is 17.0 Å². The molecule has 1 aromatic carbocycles. The molecule has 0 radical (unpaired) electrons. The van der Waals surface area contributed by atoms with Crippen LogP contribution in [0.4, 0.5) is 5.69 Å². The molecule has 0 aliphatic heterocycles. The standard InChI is InChI=1S/C15H15BrN2O3/c1-11-2-7-15(14(10-16)17-11)21-9-8-12-3-5-13(6-4-12)18(19)20/h2-7H,8-10H2,1H3. The van der Waals surface area contributed by atoms with E-state index in [1.807, 2.05) is 19.1 Å². The number of hydrogen-bond acceptors (Lipinski definition) is 4. The van der Waals surface area contributed by atoms with Crippen molar-refractivity contribution in [1.29, 1.82) is 0 Å². The first-order valence-electron chi connectivity index (χ1n) is 6.49. The molecule has 0 atom stereocenters. The van der Waals surface area contributed by atoms with Crippen LogP contribution in [0.5, 0.6) is 5.75 Å². The number of rotatable bonds is 6. The third-order valence-electron chi connectivity index (χ3n) is 2.99. The second-order valence-corrected chi connectivity index (χ2v) is 5.11. The molecule has 0 aliphatic carbocycles. The second-order valence-electron chi connectivity index (χ2n) is 4.55. The summed E-state index contributed by atoms with van der Waals surface area (Å²) in [5.41, 5.74) is 2.93. The predicted octanol–water partition coefficient (Wildman–Crippen LogP) is 3.81. The molecule has 0 N–H and O–H groups in total. The molecular formula is C15H15BrN2O3. The Labute approximate surface area is 131 Å². The molecule has 1 aromatic heterocycles. The van der Waals surface area contributed by atoms with E-state index in [4.69, 9.17) is 4.74 Å². The highest BCUT2D eigenvalue weighted by Gasteiger charge is 2.06. The van der Waals surface area contributed by atoms with Crippen molar-refractivity contribution in [2.24, 2.45) is 0 Å². The highest BCUT2D eigenvalue weighted by atomic mass is 79.9. The van der Waals surface area contributed by atoms with Crippen LogP contribution in [0.15, 0.2) is 36.4 Å². The molecule has 2 aromatic rings. The van der Waals surface area contributed by atoms with E-state index in [1.165, 1.54) is 12.1 Å². The highest BCUT2D eigenvalue weighted by Crippen LogP contribution is 2.20. The lowest BCUT2D eigenvalue weighted by Crippen LogP contribution is -2.04. The monoisotopic (exact) mass is 350 g/mol. The van der Waals surface area contributed by atoms with Gasteiger partial charge in [-0.15, -0.1) is 0 Å². The van der Waals surface area contributed by atoms with Crippen molar-refractivity contribution in [3.05, 3.63) is 63.5 Å². The average Bonchev–Trinajstić information content (AvgIpc) is 2.49. The zero-order chi connectivity index (χ0) is 15.2. The lowest BCUT2D eigenvalue weighted by atomic mass is 10.1. The number of hydrogen-bond donors (Lipinski definition) is 0. The summed E-state index contributed by atoms with van der Waals surface area (Å²) in [7, 11) is 0. The van der Waals surface area contributed by atoms with E-state index in [9.17, 15) is 10.1 Å². The molecule has 5 nitrogen and oxygen atoms in total. The summed E-state index contributed by atoms with van der Waals surface area (Å²) in [5, 5.41) is 11.2. The molecule has 0 saturated carbocycles. The van der Waals surface area contributed by atoms with Gasteiger partial charge in [-0.2, -0.15) is 0 Å². The van der Waals surface area contributed by atoms with E-state index >= 15 is 0 Å². The topological polar surface area (TPSA) is 65.3 Å². The second kappa shape index (κ2) is 7.17. The van der Waals surface area contributed by atoms with E-state index in [0.717, 1.165) is 22.7 Å². The smallest absolute Gasteiger partial charge is 0.269 e. The van der Waals surface area contributed by atoms with Gasteiger partial charge in [-0.1, -0.05) is 28.1 Å². The number of nitro benzene ring substituents is 1. The zero-order valence-electron chi connectivity index (χ0n) is 11.6. The van der Waals surface area contributed by atoms with Crippen LogP contribution in [-0.2, 0) is 11.8 Å². The van der Waals surface area contributed by atoms with Gasteiger partial charge >= 0.3 is 0 Å². The maximum Gasteiger partial charge on any atom is 0.269 e. The number of nitro groups is 1. The normalized spacial score (nSPS) is 10.4. The van der Waals surface area contributed by atoms with Gasteiger partial charge in [-0.25, -0.2) is 0 Å². The molecule has 0 unspecified atom stereocenters. The number of non-ortho nitro benzene ring substituents is 1. The Morgan fingerprint density at radius 1 is 1.24 bits per heavy atom. The summed E-state index contributed by atoms with van der Waals surface area (Å²) in [6.07, 6.45) is 0.688. The van der Waals surface area contributed by atoms with Gasteiger partial charge < -0.3 is 4.74 Å². The fraction of sp³-hybridized carbons (Fsp3) is 0.267. The molecule has 0 fully saturated rings. The van der Waals surface area contributed by atoms with Gasteiger partial charge in [-0.3, -0.25) is 15.1 Å². The zero-order valence-corrected chi connectivity index (χ0v) is 13.2. The molecule has 2 rings (SSSR count). The SMILES string of the molecule is Cc1ccc(OCCc2ccc([N+](=O)[O-])cc2)c(CBr)n1. The molecule has 110 valence electrons. The van der Waals surface area contributed by atoms with Gasteiger partial charge in [0.1, 0.15) is 5.75 Å². The van der Waals surface area contributed by atoms with Crippen LogP contribution in [-0.4, -0.2) is 16.5 Å². The van der Waals surface area contributed by atoms with Gasteiger partial charge in [0.2, 0.25) is 0 Å². The number of alkyl halides is 1. The third kappa shape index (κ3) is 4.26. The van der Waals surface area contributed by atoms with Crippen molar-refractivity contribution in [2.75, 3.05) is 6.61 Å². The summed E-state index contributed by atoms with van der Waals surface area (Å²) in [4.78, 5) is 14.6. The van der Waals surface area contributed by atoms with Crippen molar-refractivity contribution < 1.29 is 9.66 Å². The Hall–Kier alpha value is -1.95. The van der Waals surface area contributed by atoms with E-state index < -0.39 is 4.92 Å². The van der Waals surface area contributed by atoms with Crippen molar-refractivity contribution >= 4 is 21.6 Å². The molecule has 0 spiro atoms. The van der Waals surface area contributed by atoms with Crippen molar-refractivity contribution in [1.82, 2.24) is 4.98 Å². The lowest BCUT2D eigenvalue weighted by Gasteiger charge is -2.10. The minimum atomic E-state index is -0.402. The first-order chi connectivity index (χ1) is 10.1. The number of nitrogens with zero attached hydrogens (tertiary/aromatic N) is 2. The lowest BCUT2D eigenvalue weighted by molar-refractivity contribution is -0.384. The van der Waals surface area contributed by atoms with E-state index in [-0.39, 0.29) is 5.69 Å². The summed E-state index contributed by atoms with van der Waals surface area (Å²) in [6.45, 7) is 2.44. The van der Waals surface area contributed by atoms with Crippen LogP contribution in [0.1, 0.15) is 17.0 Å². The van der Waals surface area contributed by atoms with Crippen LogP contribution in [0.2, 0.25) is 0 Å². The number of aryl methyl sites for hydroxylation is 1. The van der Waals surface area contributed by atoms with Gasteiger partial charge in [0.05, 0.1) is 17.2 Å². The third-order valence-corrected chi connectivity index (χ3v) is 3.52. The summed E-state index contributed by atoms with van der Waals surface area (Å²) in [6, 6.07) is 10.3. The van der Waals surface area contributed by atoms with Crippen LogP contribution < -0.4 is 4.74 Å². The molecule has 0 bridgehead atoms. The molecule has 0 saturated heterocycles. The Morgan fingerprint density at radius 2 is 1.95 bits per heavy atom. The Balaban J connectivity index is 1.93. The fourth-order valence-electron chi connectivity index (χ4n) is 1.89. The van der Waals surface area contributed by atoms with E-state index in [0.29, 0.717) is 18.4 Å². The summed E-state index contributed by atoms with van der Waals surface area (Å²) < 4.78 is 5.74. The Kier molecular flexibility index (Phi) is 5.27.